The largest absolute Gasteiger partial charge is 0.393 e. The lowest BCUT2D eigenvalue weighted by molar-refractivity contribution is 0.100. The minimum absolute atomic E-state index is 0.103. The van der Waals surface area contributed by atoms with Crippen LogP contribution in [0.15, 0.2) is 42.7 Å². The van der Waals surface area contributed by atoms with Gasteiger partial charge in [0.2, 0.25) is 0 Å². The summed E-state index contributed by atoms with van der Waals surface area (Å²) < 4.78 is 26.4. The van der Waals surface area contributed by atoms with Gasteiger partial charge in [0, 0.05) is 17.2 Å². The van der Waals surface area contributed by atoms with Gasteiger partial charge in [-0.1, -0.05) is 24.1 Å². The summed E-state index contributed by atoms with van der Waals surface area (Å²) in [5.74, 6) is 6.01. The standard InChI is InChI=1S/C19H21N3O4S/c20-27(24,25)26-12-16-8-15(10-19(16)23)9-18-11-17(21-13-22-18)7-6-14-4-2-1-3-5-14/h1-5,11,13,15-16,19,23H,8-10,12H2,(H2,20,24,25)/t15-,16+,19-/m0/s1. The zero-order valence-electron chi connectivity index (χ0n) is 14.7. The van der Waals surface area contributed by atoms with Gasteiger partial charge in [0.1, 0.15) is 12.0 Å². The maximum Gasteiger partial charge on any atom is 0.333 e. The quantitative estimate of drug-likeness (QED) is 0.741. The van der Waals surface area contributed by atoms with E-state index in [0.29, 0.717) is 25.0 Å². The van der Waals surface area contributed by atoms with Crippen LogP contribution < -0.4 is 5.14 Å². The second-order valence-corrected chi connectivity index (χ2v) is 7.88. The van der Waals surface area contributed by atoms with Gasteiger partial charge in [-0.05, 0) is 49.3 Å². The number of aliphatic hydroxyl groups excluding tert-OH is 1. The van der Waals surface area contributed by atoms with Gasteiger partial charge >= 0.3 is 10.3 Å². The number of rotatable bonds is 5. The van der Waals surface area contributed by atoms with Gasteiger partial charge < -0.3 is 5.11 Å². The molecule has 3 N–H and O–H groups in total. The molecule has 0 radical (unpaired) electrons. The van der Waals surface area contributed by atoms with Crippen LogP contribution in [0.25, 0.3) is 0 Å². The molecule has 0 spiro atoms. The highest BCUT2D eigenvalue weighted by Gasteiger charge is 2.34. The highest BCUT2D eigenvalue weighted by Crippen LogP contribution is 2.33. The van der Waals surface area contributed by atoms with E-state index in [0.717, 1.165) is 11.3 Å². The molecule has 1 aromatic carbocycles. The van der Waals surface area contributed by atoms with E-state index in [-0.39, 0.29) is 18.4 Å². The Bertz CT molecular complexity index is 938. The Morgan fingerprint density at radius 3 is 2.70 bits per heavy atom. The molecule has 27 heavy (non-hydrogen) atoms. The van der Waals surface area contributed by atoms with Crippen LogP contribution in [-0.4, -0.2) is 36.2 Å². The zero-order valence-corrected chi connectivity index (χ0v) is 15.5. The Hall–Kier alpha value is -2.31. The van der Waals surface area contributed by atoms with Crippen LogP contribution >= 0.6 is 0 Å². The number of aromatic nitrogens is 2. The van der Waals surface area contributed by atoms with Crippen molar-refractivity contribution in [2.45, 2.75) is 25.4 Å². The molecule has 1 fully saturated rings. The third-order valence-electron chi connectivity index (χ3n) is 4.53. The molecule has 0 bridgehead atoms. The summed E-state index contributed by atoms with van der Waals surface area (Å²) in [6, 6.07) is 11.5. The lowest BCUT2D eigenvalue weighted by Crippen LogP contribution is -2.24. The number of benzene rings is 1. The molecule has 7 nitrogen and oxygen atoms in total. The van der Waals surface area contributed by atoms with Crippen molar-refractivity contribution < 1.29 is 17.7 Å². The maximum absolute atomic E-state index is 10.9. The minimum Gasteiger partial charge on any atom is -0.393 e. The summed E-state index contributed by atoms with van der Waals surface area (Å²) in [7, 11) is -3.99. The van der Waals surface area contributed by atoms with Gasteiger partial charge in [0.25, 0.3) is 0 Å². The summed E-state index contributed by atoms with van der Waals surface area (Å²) in [4.78, 5) is 8.47. The second-order valence-electron chi connectivity index (χ2n) is 6.66. The van der Waals surface area contributed by atoms with E-state index >= 15 is 0 Å². The van der Waals surface area contributed by atoms with Gasteiger partial charge in [0.05, 0.1) is 12.7 Å². The molecule has 0 aliphatic heterocycles. The van der Waals surface area contributed by atoms with Gasteiger partial charge in [-0.15, -0.1) is 0 Å². The van der Waals surface area contributed by atoms with Crippen molar-refractivity contribution in [1.82, 2.24) is 9.97 Å². The summed E-state index contributed by atoms with van der Waals surface area (Å²) in [5.41, 5.74) is 2.39. The van der Waals surface area contributed by atoms with E-state index in [9.17, 15) is 13.5 Å². The molecule has 1 saturated carbocycles. The molecule has 3 atom stereocenters. The molecule has 2 aromatic rings. The van der Waals surface area contributed by atoms with E-state index < -0.39 is 16.4 Å². The Morgan fingerprint density at radius 2 is 1.96 bits per heavy atom. The van der Waals surface area contributed by atoms with Crippen LogP contribution in [0.5, 0.6) is 0 Å². The number of hydrogen-bond acceptors (Lipinski definition) is 6. The van der Waals surface area contributed by atoms with Crippen LogP contribution in [0.4, 0.5) is 0 Å². The molecule has 1 aliphatic carbocycles. The van der Waals surface area contributed by atoms with Crippen LogP contribution in [0.3, 0.4) is 0 Å². The Labute approximate surface area is 158 Å². The van der Waals surface area contributed by atoms with E-state index in [1.165, 1.54) is 6.33 Å². The van der Waals surface area contributed by atoms with Crippen molar-refractivity contribution in [2.24, 2.45) is 17.0 Å². The summed E-state index contributed by atoms with van der Waals surface area (Å²) in [6.07, 6.45) is 2.73. The fourth-order valence-electron chi connectivity index (χ4n) is 3.27. The first-order valence-corrected chi connectivity index (χ1v) is 10.1. The molecule has 0 unspecified atom stereocenters. The number of aliphatic hydroxyl groups is 1. The van der Waals surface area contributed by atoms with E-state index in [1.54, 1.807) is 0 Å². The zero-order chi connectivity index (χ0) is 19.3. The second kappa shape index (κ2) is 8.59. The molecule has 3 rings (SSSR count). The van der Waals surface area contributed by atoms with Gasteiger partial charge in [-0.25, -0.2) is 15.1 Å². The molecule has 1 heterocycles. The molecular weight excluding hydrogens is 366 g/mol. The molecule has 8 heteroatoms. The Morgan fingerprint density at radius 1 is 1.19 bits per heavy atom. The van der Waals surface area contributed by atoms with E-state index in [4.69, 9.17) is 5.14 Å². The number of nitrogens with zero attached hydrogens (tertiary/aromatic N) is 2. The van der Waals surface area contributed by atoms with Gasteiger partial charge in [-0.3, -0.25) is 4.18 Å². The third-order valence-corrected chi connectivity index (χ3v) is 5.00. The maximum atomic E-state index is 10.9. The fraction of sp³-hybridized carbons (Fsp3) is 0.368. The monoisotopic (exact) mass is 387 g/mol. The topological polar surface area (TPSA) is 115 Å². The minimum atomic E-state index is -3.99. The summed E-state index contributed by atoms with van der Waals surface area (Å²) >= 11 is 0. The van der Waals surface area contributed by atoms with Crippen molar-refractivity contribution in [3.63, 3.8) is 0 Å². The highest BCUT2D eigenvalue weighted by atomic mass is 32.2. The average molecular weight is 387 g/mol. The molecule has 1 aromatic heterocycles. The first kappa shape index (κ1) is 19.5. The van der Waals surface area contributed by atoms with Crippen LogP contribution in [0.1, 0.15) is 29.8 Å². The van der Waals surface area contributed by atoms with Gasteiger partial charge in [-0.2, -0.15) is 8.42 Å². The lowest BCUT2D eigenvalue weighted by Gasteiger charge is -2.12. The van der Waals surface area contributed by atoms with Crippen molar-refractivity contribution >= 4 is 10.3 Å². The normalized spacial score (nSPS) is 22.2. The summed E-state index contributed by atoms with van der Waals surface area (Å²) in [6.45, 7) is -0.103. The van der Waals surface area contributed by atoms with Crippen LogP contribution in [0.2, 0.25) is 0 Å². The highest BCUT2D eigenvalue weighted by molar-refractivity contribution is 7.84. The van der Waals surface area contributed by atoms with Crippen molar-refractivity contribution in [3.05, 3.63) is 59.7 Å². The first-order chi connectivity index (χ1) is 12.9. The third kappa shape index (κ3) is 6.12. The predicted octanol–water partition coefficient (Wildman–Crippen LogP) is 1.03. The lowest BCUT2D eigenvalue weighted by atomic mass is 9.99. The van der Waals surface area contributed by atoms with Gasteiger partial charge in [0.15, 0.2) is 0 Å². The molecule has 0 saturated heterocycles. The van der Waals surface area contributed by atoms with Crippen molar-refractivity contribution in [1.29, 1.82) is 0 Å². The molecule has 1 aliphatic rings. The first-order valence-electron chi connectivity index (χ1n) is 8.62. The smallest absolute Gasteiger partial charge is 0.333 e. The van der Waals surface area contributed by atoms with E-state index in [2.05, 4.69) is 26.0 Å². The van der Waals surface area contributed by atoms with Crippen molar-refractivity contribution in [2.75, 3.05) is 6.61 Å². The van der Waals surface area contributed by atoms with E-state index in [1.807, 2.05) is 36.4 Å². The number of hydrogen-bond donors (Lipinski definition) is 2. The van der Waals surface area contributed by atoms with Crippen molar-refractivity contribution in [3.8, 4) is 11.8 Å². The summed E-state index contributed by atoms with van der Waals surface area (Å²) in [5, 5.41) is 15.0. The molecule has 142 valence electrons. The average Bonchev–Trinajstić information content (AvgIpc) is 2.98. The predicted molar refractivity (Wildman–Crippen MR) is 99.4 cm³/mol. The molecule has 0 amide bonds. The van der Waals surface area contributed by atoms with Crippen LogP contribution in [0, 0.1) is 23.7 Å². The Kier molecular flexibility index (Phi) is 6.19. The fourth-order valence-corrected chi connectivity index (χ4v) is 3.64. The van der Waals surface area contributed by atoms with Crippen LogP contribution in [-0.2, 0) is 20.9 Å². The SMILES string of the molecule is NS(=O)(=O)OC[C@H]1C[C@@H](Cc2cc(C#Cc3ccccc3)ncn2)C[C@@H]1O. The Balaban J connectivity index is 1.61. The number of nitrogens with two attached hydrogens (primary N) is 1. The molecular formula is C19H21N3O4S.